The molecule has 2 aromatic rings. The first kappa shape index (κ1) is 32.4. The number of nitrogens with one attached hydrogen (secondary N) is 2. The molecule has 14 heteroatoms. The number of rotatable bonds is 14. The Labute approximate surface area is 240 Å². The van der Waals surface area contributed by atoms with Crippen LogP contribution in [0.1, 0.15) is 55.4 Å². The van der Waals surface area contributed by atoms with Crippen LogP contribution in [0.4, 0.5) is 13.2 Å². The number of aromatic nitrogens is 1. The molecular weight excluding hydrogens is 581 g/mol. The highest BCUT2D eigenvalue weighted by Gasteiger charge is 2.37. The van der Waals surface area contributed by atoms with Crippen LogP contribution in [0.15, 0.2) is 41.5 Å². The molecule has 224 valence electrons. The number of fused-ring (bicyclic) bond motifs is 1. The minimum Gasteiger partial charge on any atom is -0.384 e. The van der Waals surface area contributed by atoms with Crippen molar-refractivity contribution in [2.45, 2.75) is 57.0 Å². The summed E-state index contributed by atoms with van der Waals surface area (Å²) in [6, 6.07) is 4.99. The van der Waals surface area contributed by atoms with Crippen molar-refractivity contribution in [1.82, 2.24) is 15.6 Å². The number of aliphatic imine (C=N–C) groups is 1. The number of halogens is 3. The zero-order valence-corrected chi connectivity index (χ0v) is 24.6. The molecule has 9 nitrogen and oxygen atoms in total. The van der Waals surface area contributed by atoms with Crippen molar-refractivity contribution in [3.8, 4) is 0 Å². The second-order valence-corrected chi connectivity index (χ2v) is 12.8. The maximum atomic E-state index is 13.2. The van der Waals surface area contributed by atoms with Crippen LogP contribution in [-0.2, 0) is 24.2 Å². The number of carbonyl (C=O) groups excluding carboxylic acids is 2. The van der Waals surface area contributed by atoms with Crippen LogP contribution in [0.25, 0.3) is 15.8 Å². The van der Waals surface area contributed by atoms with Crippen molar-refractivity contribution in [3.63, 3.8) is 0 Å². The molecule has 0 aliphatic heterocycles. The molecule has 2 N–H and O–H groups in total. The summed E-state index contributed by atoms with van der Waals surface area (Å²) >= 11 is 0.978. The van der Waals surface area contributed by atoms with Crippen LogP contribution < -0.4 is 10.6 Å². The molecule has 1 aliphatic rings. The Balaban J connectivity index is 1.97. The number of methoxy groups -OCH3 is 1. The fraction of sp³-hybridized carbons (Fsp3) is 0.481. The first-order valence-corrected chi connectivity index (χ1v) is 15.6. The summed E-state index contributed by atoms with van der Waals surface area (Å²) in [4.78, 5) is 33.2. The lowest BCUT2D eigenvalue weighted by Crippen LogP contribution is -2.41. The number of nitrogens with zero attached hydrogens (tertiary/aromatic N) is 2. The van der Waals surface area contributed by atoms with Crippen LogP contribution in [0.5, 0.6) is 0 Å². The van der Waals surface area contributed by atoms with Crippen LogP contribution in [0.3, 0.4) is 0 Å². The van der Waals surface area contributed by atoms with E-state index < -0.39 is 44.5 Å². The maximum Gasteiger partial charge on any atom is 0.429 e. The van der Waals surface area contributed by atoms with Gasteiger partial charge in [-0.1, -0.05) is 31.6 Å². The smallest absolute Gasteiger partial charge is 0.384 e. The minimum atomic E-state index is -4.56. The van der Waals surface area contributed by atoms with Crippen LogP contribution in [0, 0.1) is 0 Å². The minimum absolute atomic E-state index is 0.00588. The van der Waals surface area contributed by atoms with Gasteiger partial charge in [0, 0.05) is 19.4 Å². The van der Waals surface area contributed by atoms with E-state index in [9.17, 15) is 31.2 Å². The van der Waals surface area contributed by atoms with E-state index in [0.717, 1.165) is 43.7 Å². The van der Waals surface area contributed by atoms with E-state index in [2.05, 4.69) is 20.6 Å². The van der Waals surface area contributed by atoms with E-state index in [-0.39, 0.29) is 24.2 Å². The number of sulfone groups is 1. The molecule has 3 rings (SSSR count). The Kier molecular flexibility index (Phi) is 11.2. The molecule has 1 aliphatic carbocycles. The number of unbranched alkanes of at least 4 members (excludes halogenated alkanes) is 1. The lowest BCUT2D eigenvalue weighted by atomic mass is 10.1. The molecule has 41 heavy (non-hydrogen) atoms. The number of thiazole rings is 1. The maximum absolute atomic E-state index is 13.2. The van der Waals surface area contributed by atoms with E-state index in [4.69, 9.17) is 4.74 Å². The van der Waals surface area contributed by atoms with Gasteiger partial charge in [0.15, 0.2) is 15.1 Å². The van der Waals surface area contributed by atoms with Crippen LogP contribution in [-0.4, -0.2) is 69.2 Å². The summed E-state index contributed by atoms with van der Waals surface area (Å²) in [5, 5.41) is 3.46. The van der Waals surface area contributed by atoms with Crippen molar-refractivity contribution in [2.75, 3.05) is 26.0 Å². The molecule has 0 radical (unpaired) electrons. The van der Waals surface area contributed by atoms with E-state index >= 15 is 0 Å². The second-order valence-electron chi connectivity index (χ2n) is 9.52. The quantitative estimate of drug-likeness (QED) is 0.238. The average molecular weight is 615 g/mol. The van der Waals surface area contributed by atoms with Gasteiger partial charge < -0.3 is 15.4 Å². The summed E-state index contributed by atoms with van der Waals surface area (Å²) in [6.45, 7) is 2.33. The second kappa shape index (κ2) is 14.2. The Morgan fingerprint density at radius 3 is 2.66 bits per heavy atom. The van der Waals surface area contributed by atoms with Gasteiger partial charge in [0.05, 0.1) is 29.1 Å². The first-order valence-electron chi connectivity index (χ1n) is 13.0. The SMILES string of the molecule is CCC/C=C/C(=C\N=C(C)C(F)(F)F)c1ccc2nc(C(C(=O)NCC(=O)NC3CC3)S(=O)(=O)CCOC)sc2c1. The molecule has 1 atom stereocenters. The standard InChI is InChI=1S/C27H33F3N4O5S2/c1-4-5-6-7-19(15-31-17(2)27(28,29)30)18-8-11-21-22(14-18)40-26(34-21)24(41(37,38)13-12-39-3)25(36)32-16-23(35)33-20-9-10-20/h6-8,11,14-15,20,24H,4-5,9-10,12-13,16H2,1-3H3,(H,32,36)(H,33,35)/b7-6+,19-15+,31-17?. The molecule has 0 bridgehead atoms. The molecule has 1 saturated carbocycles. The molecule has 1 aromatic heterocycles. The molecule has 1 fully saturated rings. The highest BCUT2D eigenvalue weighted by Crippen LogP contribution is 2.33. The Morgan fingerprint density at radius 1 is 1.29 bits per heavy atom. The van der Waals surface area contributed by atoms with Crippen molar-refractivity contribution in [2.24, 2.45) is 4.99 Å². The molecule has 0 saturated heterocycles. The first-order chi connectivity index (χ1) is 19.4. The van der Waals surface area contributed by atoms with Crippen molar-refractivity contribution < 1.29 is 35.9 Å². The summed E-state index contributed by atoms with van der Waals surface area (Å²) in [5.74, 6) is -1.74. The number of allylic oxidation sites excluding steroid dienone is 3. The van der Waals surface area contributed by atoms with Gasteiger partial charge in [0.25, 0.3) is 0 Å². The van der Waals surface area contributed by atoms with Gasteiger partial charge in [-0.25, -0.2) is 13.4 Å². The fourth-order valence-electron chi connectivity index (χ4n) is 3.58. The van der Waals surface area contributed by atoms with E-state index in [0.29, 0.717) is 27.8 Å². The van der Waals surface area contributed by atoms with Crippen molar-refractivity contribution >= 4 is 54.5 Å². The predicted molar refractivity (Wildman–Crippen MR) is 153 cm³/mol. The van der Waals surface area contributed by atoms with Gasteiger partial charge in [-0.15, -0.1) is 11.3 Å². The van der Waals surface area contributed by atoms with Gasteiger partial charge in [-0.2, -0.15) is 13.2 Å². The summed E-state index contributed by atoms with van der Waals surface area (Å²) < 4.78 is 70.8. The Hall–Kier alpha value is -3.10. The average Bonchev–Trinajstić information content (AvgIpc) is 3.62. The largest absolute Gasteiger partial charge is 0.429 e. The van der Waals surface area contributed by atoms with E-state index in [1.54, 1.807) is 24.3 Å². The third kappa shape index (κ3) is 9.47. The van der Waals surface area contributed by atoms with Crippen LogP contribution >= 0.6 is 11.3 Å². The summed E-state index contributed by atoms with van der Waals surface area (Å²) in [5.41, 5.74) is 0.370. The van der Waals surface area contributed by atoms with Gasteiger partial charge in [0.2, 0.25) is 11.8 Å². The molecule has 1 heterocycles. The summed E-state index contributed by atoms with van der Waals surface area (Å²) in [6.07, 6.45) is 3.36. The third-order valence-corrected chi connectivity index (χ3v) is 9.18. The Morgan fingerprint density at radius 2 is 2.02 bits per heavy atom. The molecule has 1 unspecified atom stereocenters. The summed E-state index contributed by atoms with van der Waals surface area (Å²) in [7, 11) is -2.74. The monoisotopic (exact) mass is 614 g/mol. The predicted octanol–water partition coefficient (Wildman–Crippen LogP) is 4.51. The number of hydrogen-bond acceptors (Lipinski definition) is 8. The fourth-order valence-corrected chi connectivity index (χ4v) is 6.55. The lowest BCUT2D eigenvalue weighted by molar-refractivity contribution is -0.126. The molecular formula is C27H33F3N4O5S2. The van der Waals surface area contributed by atoms with Crippen LogP contribution in [0.2, 0.25) is 0 Å². The molecule has 1 aromatic carbocycles. The Bertz CT molecular complexity index is 1440. The van der Waals surface area contributed by atoms with Crippen molar-refractivity contribution in [1.29, 1.82) is 0 Å². The topological polar surface area (TPSA) is 127 Å². The van der Waals surface area contributed by atoms with Gasteiger partial charge in [-0.05, 0) is 49.5 Å². The van der Waals surface area contributed by atoms with Gasteiger partial charge >= 0.3 is 6.18 Å². The number of carbonyl (C=O) groups is 2. The highest BCUT2D eigenvalue weighted by atomic mass is 32.2. The zero-order chi connectivity index (χ0) is 30.2. The number of ether oxygens (including phenoxy) is 1. The van der Waals surface area contributed by atoms with E-state index in [1.807, 2.05) is 13.0 Å². The number of amides is 2. The molecule has 2 amide bonds. The molecule has 0 spiro atoms. The third-order valence-electron chi connectivity index (χ3n) is 6.06. The van der Waals surface area contributed by atoms with E-state index in [1.165, 1.54) is 7.11 Å². The van der Waals surface area contributed by atoms with Crippen molar-refractivity contribution in [3.05, 3.63) is 47.1 Å². The van der Waals surface area contributed by atoms with Gasteiger partial charge in [-0.3, -0.25) is 14.6 Å². The number of hydrogen-bond donors (Lipinski definition) is 2. The number of alkyl halides is 3. The van der Waals surface area contributed by atoms with Gasteiger partial charge in [0.1, 0.15) is 10.7 Å². The lowest BCUT2D eigenvalue weighted by Gasteiger charge is -2.15. The zero-order valence-electron chi connectivity index (χ0n) is 23.0. The number of benzene rings is 1. The highest BCUT2D eigenvalue weighted by molar-refractivity contribution is 7.92. The normalized spacial score (nSPS) is 15.9.